The first-order valence-electron chi connectivity index (χ1n) is 3.95. The molecule has 1 rings (SSSR count). The number of benzene rings is 1. The van der Waals surface area contributed by atoms with Crippen molar-refractivity contribution >= 4 is 12.6 Å². The Morgan fingerprint density at radius 2 is 1.86 bits per heavy atom. The van der Waals surface area contributed by atoms with Crippen LogP contribution in [0.5, 0.6) is 5.75 Å². The van der Waals surface area contributed by atoms with E-state index in [-0.39, 0.29) is 12.4 Å². The minimum Gasteiger partial charge on any atom is -0.492 e. The second-order valence-electron chi connectivity index (χ2n) is 2.57. The molecule has 0 atom stereocenters. The van der Waals surface area contributed by atoms with Gasteiger partial charge in [-0.2, -0.15) is 25.8 Å². The molecule has 0 saturated carbocycles. The summed E-state index contributed by atoms with van der Waals surface area (Å²) in [5.41, 5.74) is -0.748. The average molecular weight is 222 g/mol. The molecule has 14 heavy (non-hydrogen) atoms. The molecule has 0 aliphatic heterocycles. The van der Waals surface area contributed by atoms with Crippen LogP contribution in [-0.2, 0) is 6.18 Å². The third kappa shape index (κ3) is 2.83. The van der Waals surface area contributed by atoms with Crippen LogP contribution < -0.4 is 4.74 Å². The Balaban J connectivity index is 2.92. The highest BCUT2D eigenvalue weighted by Crippen LogP contribution is 2.35. The fraction of sp³-hybridized carbons (Fsp3) is 0.333. The van der Waals surface area contributed by atoms with E-state index in [2.05, 4.69) is 12.6 Å². The fourth-order valence-corrected chi connectivity index (χ4v) is 1.07. The molecule has 0 aliphatic carbocycles. The Morgan fingerprint density at radius 1 is 1.21 bits per heavy atom. The summed E-state index contributed by atoms with van der Waals surface area (Å²) in [6, 6.07) is 5.12. The zero-order valence-electron chi connectivity index (χ0n) is 7.21. The lowest BCUT2D eigenvalue weighted by Gasteiger charge is -2.12. The number of halogens is 3. The molecule has 0 aromatic heterocycles. The van der Waals surface area contributed by atoms with Crippen molar-refractivity contribution < 1.29 is 17.9 Å². The maximum Gasteiger partial charge on any atom is 0.419 e. The van der Waals surface area contributed by atoms with Crippen molar-refractivity contribution in [3.05, 3.63) is 29.8 Å². The highest BCUT2D eigenvalue weighted by Gasteiger charge is 2.33. The molecule has 0 saturated heterocycles. The van der Waals surface area contributed by atoms with E-state index in [0.29, 0.717) is 5.75 Å². The number of para-hydroxylation sites is 1. The van der Waals surface area contributed by atoms with Gasteiger partial charge in [0.25, 0.3) is 0 Å². The van der Waals surface area contributed by atoms with E-state index >= 15 is 0 Å². The van der Waals surface area contributed by atoms with Crippen molar-refractivity contribution in [1.82, 2.24) is 0 Å². The number of hydrogen-bond acceptors (Lipinski definition) is 2. The van der Waals surface area contributed by atoms with Crippen LogP contribution in [0.4, 0.5) is 13.2 Å². The lowest BCUT2D eigenvalue weighted by atomic mass is 10.2. The molecule has 0 fully saturated rings. The molecular weight excluding hydrogens is 213 g/mol. The van der Waals surface area contributed by atoms with Gasteiger partial charge >= 0.3 is 6.18 Å². The van der Waals surface area contributed by atoms with Crippen molar-refractivity contribution in [2.45, 2.75) is 6.18 Å². The predicted molar refractivity (Wildman–Crippen MR) is 50.8 cm³/mol. The minimum atomic E-state index is -4.37. The molecule has 0 heterocycles. The number of ether oxygens (including phenoxy) is 1. The van der Waals surface area contributed by atoms with Crippen LogP contribution in [0, 0.1) is 0 Å². The molecular formula is C9H9F3OS. The van der Waals surface area contributed by atoms with Crippen LogP contribution >= 0.6 is 12.6 Å². The number of alkyl halides is 3. The van der Waals surface area contributed by atoms with Gasteiger partial charge in [-0.3, -0.25) is 0 Å². The maximum atomic E-state index is 12.4. The monoisotopic (exact) mass is 222 g/mol. The lowest BCUT2D eigenvalue weighted by Crippen LogP contribution is -2.09. The van der Waals surface area contributed by atoms with Gasteiger partial charge in [-0.1, -0.05) is 12.1 Å². The molecule has 0 amide bonds. The van der Waals surface area contributed by atoms with Gasteiger partial charge in [0, 0.05) is 5.75 Å². The summed E-state index contributed by atoms with van der Waals surface area (Å²) in [5.74, 6) is 0.237. The van der Waals surface area contributed by atoms with Gasteiger partial charge < -0.3 is 4.74 Å². The second kappa shape index (κ2) is 4.59. The van der Waals surface area contributed by atoms with E-state index in [4.69, 9.17) is 4.74 Å². The summed E-state index contributed by atoms with van der Waals surface area (Å²) in [5, 5.41) is 0. The van der Waals surface area contributed by atoms with Gasteiger partial charge in [0.1, 0.15) is 5.75 Å². The van der Waals surface area contributed by atoms with E-state index in [9.17, 15) is 13.2 Å². The maximum absolute atomic E-state index is 12.4. The van der Waals surface area contributed by atoms with Crippen LogP contribution in [0.15, 0.2) is 24.3 Å². The first kappa shape index (κ1) is 11.2. The molecule has 78 valence electrons. The van der Waals surface area contributed by atoms with Crippen molar-refractivity contribution in [3.8, 4) is 5.75 Å². The summed E-state index contributed by atoms with van der Waals surface area (Å²) in [4.78, 5) is 0. The molecule has 0 spiro atoms. The van der Waals surface area contributed by atoms with Crippen molar-refractivity contribution in [3.63, 3.8) is 0 Å². The Bertz CT molecular complexity index is 298. The highest BCUT2D eigenvalue weighted by atomic mass is 32.1. The van der Waals surface area contributed by atoms with Gasteiger partial charge in [-0.05, 0) is 12.1 Å². The molecule has 1 nitrogen and oxygen atoms in total. The van der Waals surface area contributed by atoms with E-state index in [1.54, 1.807) is 0 Å². The first-order chi connectivity index (χ1) is 6.55. The van der Waals surface area contributed by atoms with E-state index in [0.717, 1.165) is 6.07 Å². The topological polar surface area (TPSA) is 9.23 Å². The third-order valence-corrected chi connectivity index (χ3v) is 1.72. The number of hydrogen-bond donors (Lipinski definition) is 1. The molecule has 0 radical (unpaired) electrons. The van der Waals surface area contributed by atoms with Gasteiger partial charge in [-0.15, -0.1) is 0 Å². The highest BCUT2D eigenvalue weighted by molar-refractivity contribution is 7.80. The number of rotatable bonds is 3. The Morgan fingerprint density at radius 3 is 2.43 bits per heavy atom. The Labute approximate surface area is 85.3 Å². The van der Waals surface area contributed by atoms with Crippen LogP contribution in [0.1, 0.15) is 5.56 Å². The summed E-state index contributed by atoms with van der Waals surface area (Å²) in [6.45, 7) is 0.163. The van der Waals surface area contributed by atoms with Crippen LogP contribution in [0.25, 0.3) is 0 Å². The summed E-state index contributed by atoms with van der Waals surface area (Å²) in [6.07, 6.45) is -4.37. The van der Waals surface area contributed by atoms with Gasteiger partial charge in [0.05, 0.1) is 12.2 Å². The van der Waals surface area contributed by atoms with Crippen molar-refractivity contribution in [2.75, 3.05) is 12.4 Å². The third-order valence-electron chi connectivity index (χ3n) is 1.54. The minimum absolute atomic E-state index is 0.144. The smallest absolute Gasteiger partial charge is 0.419 e. The van der Waals surface area contributed by atoms with Crippen LogP contribution in [0.3, 0.4) is 0 Å². The first-order valence-corrected chi connectivity index (χ1v) is 4.59. The van der Waals surface area contributed by atoms with Gasteiger partial charge in [0.2, 0.25) is 0 Å². The summed E-state index contributed by atoms with van der Waals surface area (Å²) in [7, 11) is 0. The standard InChI is InChI=1S/C9H9F3OS/c10-9(11,12)7-3-1-2-4-8(7)13-5-6-14/h1-4,14H,5-6H2. The normalized spacial score (nSPS) is 11.4. The number of thiol groups is 1. The van der Waals surface area contributed by atoms with Crippen LogP contribution in [-0.4, -0.2) is 12.4 Å². The van der Waals surface area contributed by atoms with Gasteiger partial charge in [-0.25, -0.2) is 0 Å². The average Bonchev–Trinajstić information content (AvgIpc) is 2.14. The molecule has 0 aliphatic rings. The predicted octanol–water partition coefficient (Wildman–Crippen LogP) is 3.01. The van der Waals surface area contributed by atoms with Crippen molar-refractivity contribution in [2.24, 2.45) is 0 Å². The van der Waals surface area contributed by atoms with E-state index in [1.807, 2.05) is 0 Å². The van der Waals surface area contributed by atoms with Crippen LogP contribution in [0.2, 0.25) is 0 Å². The van der Waals surface area contributed by atoms with E-state index in [1.165, 1.54) is 18.2 Å². The second-order valence-corrected chi connectivity index (χ2v) is 3.01. The zero-order valence-corrected chi connectivity index (χ0v) is 8.11. The quantitative estimate of drug-likeness (QED) is 0.773. The Kier molecular flexibility index (Phi) is 3.69. The SMILES string of the molecule is FC(F)(F)c1ccccc1OCCS. The largest absolute Gasteiger partial charge is 0.492 e. The molecule has 1 aromatic carbocycles. The molecule has 0 unspecified atom stereocenters. The van der Waals surface area contributed by atoms with Gasteiger partial charge in [0.15, 0.2) is 0 Å². The summed E-state index contributed by atoms with van der Waals surface area (Å²) < 4.78 is 42.0. The molecule has 0 N–H and O–H groups in total. The lowest BCUT2D eigenvalue weighted by molar-refractivity contribution is -0.138. The summed E-state index contributed by atoms with van der Waals surface area (Å²) >= 11 is 3.85. The Hall–Kier alpha value is -0.840. The van der Waals surface area contributed by atoms with E-state index < -0.39 is 11.7 Å². The fourth-order valence-electron chi connectivity index (χ4n) is 0.982. The zero-order chi connectivity index (χ0) is 10.6. The molecule has 1 aromatic rings. The molecule has 5 heteroatoms. The molecule has 0 bridgehead atoms. The van der Waals surface area contributed by atoms with Crippen molar-refractivity contribution in [1.29, 1.82) is 0 Å².